The van der Waals surface area contributed by atoms with E-state index in [1.807, 2.05) is 38.1 Å². The first-order valence-electron chi connectivity index (χ1n) is 8.11. The third kappa shape index (κ3) is 6.38. The zero-order valence-electron chi connectivity index (χ0n) is 15.7. The smallest absolute Gasteiger partial charge is 0.242 e. The number of hydrogen-bond donors (Lipinski definition) is 0. The Morgan fingerprint density at radius 3 is 1.36 bits per heavy atom. The lowest BCUT2D eigenvalue weighted by molar-refractivity contribution is 0.491. The Hall–Kier alpha value is -1.50. The van der Waals surface area contributed by atoms with Gasteiger partial charge in [-0.25, -0.2) is 0 Å². The van der Waals surface area contributed by atoms with Gasteiger partial charge in [0, 0.05) is 26.7 Å². The molecule has 2 rings (SSSR count). The molecule has 0 saturated heterocycles. The van der Waals surface area contributed by atoms with Crippen molar-refractivity contribution in [1.29, 1.82) is 0 Å². The van der Waals surface area contributed by atoms with Gasteiger partial charge in [-0.15, -0.1) is 0 Å². The normalized spacial score (nSPS) is 12.1. The molecule has 136 valence electrons. The fraction of sp³-hybridized carbons (Fsp3) is 0.368. The lowest BCUT2D eigenvalue weighted by Gasteiger charge is -2.15. The maximum absolute atomic E-state index is 11.8. The van der Waals surface area contributed by atoms with Crippen molar-refractivity contribution in [3.63, 3.8) is 0 Å². The number of rotatable bonds is 6. The minimum absolute atomic E-state index is 0.665. The molecular formula is C19H26O4P2. The molecule has 0 heterocycles. The van der Waals surface area contributed by atoms with Crippen LogP contribution in [0.3, 0.4) is 0 Å². The van der Waals surface area contributed by atoms with Crippen LogP contribution in [0, 0.1) is 13.8 Å². The van der Waals surface area contributed by atoms with Crippen molar-refractivity contribution in [1.82, 2.24) is 0 Å². The van der Waals surface area contributed by atoms with E-state index in [1.165, 1.54) is 0 Å². The Bertz CT molecular complexity index is 790. The molecule has 2 aromatic rings. The van der Waals surface area contributed by atoms with Crippen LogP contribution in [0.15, 0.2) is 36.4 Å². The Labute approximate surface area is 150 Å². The molecule has 0 atom stereocenters. The summed E-state index contributed by atoms with van der Waals surface area (Å²) in [7, 11) is -5.12. The third-order valence-corrected chi connectivity index (χ3v) is 4.80. The Morgan fingerprint density at radius 1 is 0.720 bits per heavy atom. The van der Waals surface area contributed by atoms with Crippen LogP contribution >= 0.6 is 14.7 Å². The van der Waals surface area contributed by atoms with Gasteiger partial charge in [0.15, 0.2) is 0 Å². The minimum atomic E-state index is -2.56. The van der Waals surface area contributed by atoms with Crippen molar-refractivity contribution in [3.8, 4) is 11.5 Å². The molecule has 0 aliphatic rings. The monoisotopic (exact) mass is 380 g/mol. The van der Waals surface area contributed by atoms with E-state index in [9.17, 15) is 9.13 Å². The second-order valence-electron chi connectivity index (χ2n) is 7.06. The first kappa shape index (κ1) is 19.8. The standard InChI is InChI=1S/C19H26O4P2/c1-14-11-16(7-9-18(14)22-24(3,4)20)13-17-8-10-19(15(2)12-17)23-25(5,6)21/h7-12H,13H2,1-6H3. The van der Waals surface area contributed by atoms with E-state index in [-0.39, 0.29) is 0 Å². The van der Waals surface area contributed by atoms with Crippen LogP contribution in [0.1, 0.15) is 22.3 Å². The quantitative estimate of drug-likeness (QED) is 0.601. The molecule has 0 N–H and O–H groups in total. The van der Waals surface area contributed by atoms with Crippen LogP contribution in [-0.4, -0.2) is 26.7 Å². The van der Waals surface area contributed by atoms with E-state index < -0.39 is 14.7 Å². The fourth-order valence-corrected chi connectivity index (χ4v) is 3.91. The molecule has 0 unspecified atom stereocenters. The molecule has 0 radical (unpaired) electrons. The summed E-state index contributed by atoms with van der Waals surface area (Å²) in [5, 5.41) is 0. The van der Waals surface area contributed by atoms with Gasteiger partial charge in [0.25, 0.3) is 0 Å². The topological polar surface area (TPSA) is 52.6 Å². The maximum atomic E-state index is 11.8. The highest BCUT2D eigenvalue weighted by Crippen LogP contribution is 2.41. The second-order valence-corrected chi connectivity index (χ2v) is 12.4. The Balaban J connectivity index is 2.17. The average molecular weight is 380 g/mol. The van der Waals surface area contributed by atoms with E-state index in [0.717, 1.165) is 28.7 Å². The SMILES string of the molecule is Cc1cc(Cc2ccc(OP(C)(C)=O)c(C)c2)ccc1OP(C)(C)=O. The van der Waals surface area contributed by atoms with E-state index in [1.54, 1.807) is 26.7 Å². The van der Waals surface area contributed by atoms with Gasteiger partial charge >= 0.3 is 0 Å². The predicted octanol–water partition coefficient (Wildman–Crippen LogP) is 5.73. The molecule has 4 nitrogen and oxygen atoms in total. The molecule has 0 aliphatic carbocycles. The predicted molar refractivity (Wildman–Crippen MR) is 105 cm³/mol. The summed E-state index contributed by atoms with van der Waals surface area (Å²) in [6.45, 7) is 10.3. The molecule has 0 aromatic heterocycles. The molecule has 0 bridgehead atoms. The summed E-state index contributed by atoms with van der Waals surface area (Å²) in [6.07, 6.45) is 0.772. The van der Waals surface area contributed by atoms with Crippen molar-refractivity contribution in [2.75, 3.05) is 26.7 Å². The lowest BCUT2D eigenvalue weighted by atomic mass is 10.0. The fourth-order valence-electron chi connectivity index (χ4n) is 2.56. The molecule has 6 heteroatoms. The van der Waals surface area contributed by atoms with Crippen molar-refractivity contribution >= 4 is 14.7 Å². The van der Waals surface area contributed by atoms with Gasteiger partial charge in [-0.1, -0.05) is 24.3 Å². The van der Waals surface area contributed by atoms with Crippen molar-refractivity contribution in [3.05, 3.63) is 58.7 Å². The van der Waals surface area contributed by atoms with Crippen molar-refractivity contribution in [2.24, 2.45) is 0 Å². The van der Waals surface area contributed by atoms with Crippen molar-refractivity contribution < 1.29 is 18.2 Å². The highest BCUT2D eigenvalue weighted by molar-refractivity contribution is 7.58. The Morgan fingerprint density at radius 2 is 1.08 bits per heavy atom. The third-order valence-electron chi connectivity index (χ3n) is 3.52. The first-order chi connectivity index (χ1) is 11.4. The van der Waals surface area contributed by atoms with Crippen LogP contribution in [0.25, 0.3) is 0 Å². The highest BCUT2D eigenvalue weighted by atomic mass is 31.2. The summed E-state index contributed by atoms with van der Waals surface area (Å²) in [5.41, 5.74) is 4.24. The maximum Gasteiger partial charge on any atom is 0.242 e. The average Bonchev–Trinajstić information content (AvgIpc) is 2.42. The van der Waals surface area contributed by atoms with Crippen LogP contribution in [0.5, 0.6) is 11.5 Å². The van der Waals surface area contributed by atoms with Crippen LogP contribution in [0.2, 0.25) is 0 Å². The highest BCUT2D eigenvalue weighted by Gasteiger charge is 2.13. The lowest BCUT2D eigenvalue weighted by Crippen LogP contribution is -1.96. The van der Waals surface area contributed by atoms with Crippen molar-refractivity contribution in [2.45, 2.75) is 20.3 Å². The molecule has 0 amide bonds. The Kier molecular flexibility index (Phi) is 5.86. The minimum Gasteiger partial charge on any atom is -0.443 e. The van der Waals surface area contributed by atoms with Gasteiger partial charge in [0.1, 0.15) is 11.5 Å². The van der Waals surface area contributed by atoms with Gasteiger partial charge in [0.05, 0.1) is 0 Å². The van der Waals surface area contributed by atoms with E-state index >= 15 is 0 Å². The van der Waals surface area contributed by atoms with Crippen LogP contribution in [-0.2, 0) is 15.6 Å². The van der Waals surface area contributed by atoms with Crippen LogP contribution < -0.4 is 9.05 Å². The zero-order chi connectivity index (χ0) is 18.8. The molecule has 25 heavy (non-hydrogen) atoms. The number of benzene rings is 2. The van der Waals surface area contributed by atoms with Crippen LogP contribution in [0.4, 0.5) is 0 Å². The summed E-state index contributed by atoms with van der Waals surface area (Å²) >= 11 is 0. The second kappa shape index (κ2) is 7.40. The molecule has 0 saturated carbocycles. The molecule has 0 spiro atoms. The van der Waals surface area contributed by atoms with Gasteiger partial charge in [-0.3, -0.25) is 9.13 Å². The zero-order valence-corrected chi connectivity index (χ0v) is 17.5. The van der Waals surface area contributed by atoms with Gasteiger partial charge < -0.3 is 9.05 Å². The van der Waals surface area contributed by atoms with E-state index in [4.69, 9.17) is 9.05 Å². The largest absolute Gasteiger partial charge is 0.443 e. The van der Waals surface area contributed by atoms with Gasteiger partial charge in [-0.2, -0.15) is 0 Å². The summed E-state index contributed by atoms with van der Waals surface area (Å²) in [4.78, 5) is 0. The summed E-state index contributed by atoms with van der Waals surface area (Å²) in [6, 6.07) is 11.8. The van der Waals surface area contributed by atoms with E-state index in [2.05, 4.69) is 12.1 Å². The molecule has 2 aromatic carbocycles. The molecule has 0 fully saturated rings. The molecular weight excluding hydrogens is 354 g/mol. The van der Waals surface area contributed by atoms with Gasteiger partial charge in [-0.05, 0) is 54.7 Å². The summed E-state index contributed by atoms with van der Waals surface area (Å²) < 4.78 is 34.7. The molecule has 0 aliphatic heterocycles. The number of hydrogen-bond acceptors (Lipinski definition) is 4. The first-order valence-corrected chi connectivity index (χ1v) is 13.1. The van der Waals surface area contributed by atoms with Gasteiger partial charge in [0.2, 0.25) is 14.7 Å². The number of aryl methyl sites for hydroxylation is 2. The van der Waals surface area contributed by atoms with E-state index in [0.29, 0.717) is 11.5 Å². The summed E-state index contributed by atoms with van der Waals surface area (Å²) in [5.74, 6) is 1.33.